The normalized spacial score (nSPS) is 26.1. The van der Waals surface area contributed by atoms with Gasteiger partial charge in [-0.15, -0.1) is 0 Å². The predicted molar refractivity (Wildman–Crippen MR) is 185 cm³/mol. The van der Waals surface area contributed by atoms with E-state index in [1.54, 1.807) is 13.8 Å². The monoisotopic (exact) mass is 697 g/mol. The van der Waals surface area contributed by atoms with Crippen molar-refractivity contribution in [1.82, 2.24) is 26.2 Å². The first-order chi connectivity index (χ1) is 23.2. The van der Waals surface area contributed by atoms with Gasteiger partial charge in [0.2, 0.25) is 29.5 Å². The average molecular weight is 698 g/mol. The highest BCUT2D eigenvalue weighted by Crippen LogP contribution is 2.22. The molecule has 0 spiro atoms. The highest BCUT2D eigenvalue weighted by molar-refractivity contribution is 5.96. The van der Waals surface area contributed by atoms with E-state index in [0.29, 0.717) is 19.3 Å². The van der Waals surface area contributed by atoms with Crippen LogP contribution in [0.15, 0.2) is 0 Å². The SMILES string of the molecule is CCCCCCCCCC[C@H]1OC(=O)CNC(=O)[C@H](CO)NC(=O)[C@H](CO)NC(=O)[C@H](C(C)CC)NC(=O)[C@H](CC(C)C)N(C)C(=O)[C@@H]1C. The minimum Gasteiger partial charge on any atom is -0.460 e. The van der Waals surface area contributed by atoms with Crippen molar-refractivity contribution in [3.63, 3.8) is 0 Å². The van der Waals surface area contributed by atoms with Crippen LogP contribution in [0.1, 0.15) is 112 Å². The number of nitrogens with one attached hydrogen (secondary N) is 4. The van der Waals surface area contributed by atoms with Crippen molar-refractivity contribution in [2.45, 2.75) is 142 Å². The Morgan fingerprint density at radius 3 is 1.88 bits per heavy atom. The number of nitrogens with zero attached hydrogens (tertiary/aromatic N) is 1. The van der Waals surface area contributed by atoms with Crippen LogP contribution in [0.5, 0.6) is 0 Å². The van der Waals surface area contributed by atoms with E-state index in [9.17, 15) is 39.0 Å². The van der Waals surface area contributed by atoms with Crippen LogP contribution in [0.25, 0.3) is 0 Å². The molecular formula is C35H63N5O9. The zero-order valence-electron chi connectivity index (χ0n) is 30.7. The third-order valence-corrected chi connectivity index (χ3v) is 9.22. The number of unbranched alkanes of at least 4 members (excludes halogenated alkanes) is 7. The molecule has 14 heteroatoms. The Morgan fingerprint density at radius 1 is 0.776 bits per heavy atom. The molecule has 1 saturated heterocycles. The molecule has 1 aliphatic rings. The molecule has 49 heavy (non-hydrogen) atoms. The lowest BCUT2D eigenvalue weighted by molar-refractivity contribution is -0.157. The van der Waals surface area contributed by atoms with E-state index in [-0.39, 0.29) is 12.3 Å². The van der Waals surface area contributed by atoms with Gasteiger partial charge in [-0.05, 0) is 31.1 Å². The Balaban J connectivity index is 3.46. The summed E-state index contributed by atoms with van der Waals surface area (Å²) < 4.78 is 5.76. The van der Waals surface area contributed by atoms with Gasteiger partial charge in [-0.1, -0.05) is 92.9 Å². The molecule has 0 aliphatic carbocycles. The molecule has 0 aromatic rings. The first-order valence-corrected chi connectivity index (χ1v) is 18.1. The first kappa shape index (κ1) is 43.8. The minimum atomic E-state index is -1.52. The smallest absolute Gasteiger partial charge is 0.325 e. The zero-order chi connectivity index (χ0) is 37.1. The lowest BCUT2D eigenvalue weighted by atomic mass is 9.94. The van der Waals surface area contributed by atoms with Crippen LogP contribution in [-0.2, 0) is 33.5 Å². The molecule has 7 atom stereocenters. The molecule has 1 fully saturated rings. The van der Waals surface area contributed by atoms with Crippen LogP contribution in [0, 0.1) is 17.8 Å². The number of aliphatic hydroxyl groups is 2. The number of hydrogen-bond acceptors (Lipinski definition) is 9. The molecule has 0 bridgehead atoms. The van der Waals surface area contributed by atoms with E-state index in [2.05, 4.69) is 28.2 Å². The van der Waals surface area contributed by atoms with Gasteiger partial charge in [0.1, 0.15) is 36.8 Å². The zero-order valence-corrected chi connectivity index (χ0v) is 30.7. The number of esters is 1. The summed E-state index contributed by atoms with van der Waals surface area (Å²) in [5, 5.41) is 29.6. The van der Waals surface area contributed by atoms with Crippen molar-refractivity contribution < 1.29 is 43.7 Å². The largest absolute Gasteiger partial charge is 0.460 e. The van der Waals surface area contributed by atoms with Gasteiger partial charge in [0.25, 0.3) is 0 Å². The first-order valence-electron chi connectivity index (χ1n) is 18.1. The molecule has 5 amide bonds. The molecular weight excluding hydrogens is 634 g/mol. The van der Waals surface area contributed by atoms with Crippen LogP contribution in [0.3, 0.4) is 0 Å². The maximum absolute atomic E-state index is 14.0. The van der Waals surface area contributed by atoms with Gasteiger partial charge in [0.05, 0.1) is 19.1 Å². The summed E-state index contributed by atoms with van der Waals surface area (Å²) in [6.07, 6.45) is 8.72. The van der Waals surface area contributed by atoms with Crippen molar-refractivity contribution in [1.29, 1.82) is 0 Å². The van der Waals surface area contributed by atoms with Gasteiger partial charge in [0, 0.05) is 7.05 Å². The summed E-state index contributed by atoms with van der Waals surface area (Å²) in [5.41, 5.74) is 0. The van der Waals surface area contributed by atoms with E-state index in [1.807, 2.05) is 20.8 Å². The third-order valence-electron chi connectivity index (χ3n) is 9.22. The maximum Gasteiger partial charge on any atom is 0.325 e. The van der Waals surface area contributed by atoms with E-state index < -0.39 is 97.4 Å². The quantitative estimate of drug-likeness (QED) is 0.108. The van der Waals surface area contributed by atoms with Crippen molar-refractivity contribution >= 4 is 35.5 Å². The molecule has 1 aliphatic heterocycles. The Hall–Kier alpha value is -3.26. The van der Waals surface area contributed by atoms with Gasteiger partial charge >= 0.3 is 5.97 Å². The fourth-order valence-electron chi connectivity index (χ4n) is 5.78. The molecule has 1 heterocycles. The second-order valence-electron chi connectivity index (χ2n) is 13.8. The molecule has 6 N–H and O–H groups in total. The van der Waals surface area contributed by atoms with Crippen molar-refractivity contribution in [3.05, 3.63) is 0 Å². The van der Waals surface area contributed by atoms with Crippen molar-refractivity contribution in [2.24, 2.45) is 17.8 Å². The topological polar surface area (TPSA) is 203 Å². The maximum atomic E-state index is 14.0. The second kappa shape index (κ2) is 23.2. The molecule has 0 aromatic carbocycles. The molecule has 0 aromatic heterocycles. The molecule has 282 valence electrons. The summed E-state index contributed by atoms with van der Waals surface area (Å²) in [5.74, 6) is -5.61. The Kier molecular flexibility index (Phi) is 20.7. The summed E-state index contributed by atoms with van der Waals surface area (Å²) in [6, 6.07) is -5.10. The number of rotatable bonds is 15. The lowest BCUT2D eigenvalue weighted by Gasteiger charge is -2.34. The second-order valence-corrected chi connectivity index (χ2v) is 13.8. The Labute approximate surface area is 292 Å². The minimum absolute atomic E-state index is 0.00436. The fourth-order valence-corrected chi connectivity index (χ4v) is 5.78. The van der Waals surface area contributed by atoms with Crippen LogP contribution in [0.4, 0.5) is 0 Å². The molecule has 14 nitrogen and oxygen atoms in total. The number of carbonyl (C=O) groups is 6. The van der Waals surface area contributed by atoms with Crippen molar-refractivity contribution in [2.75, 3.05) is 26.8 Å². The summed E-state index contributed by atoms with van der Waals surface area (Å²) in [4.78, 5) is 81.4. The van der Waals surface area contributed by atoms with Crippen LogP contribution in [-0.4, -0.2) is 108 Å². The highest BCUT2D eigenvalue weighted by Gasteiger charge is 2.38. The van der Waals surface area contributed by atoms with E-state index in [1.165, 1.54) is 31.2 Å². The number of hydrogen-bond donors (Lipinski definition) is 6. The molecule has 1 rings (SSSR count). The van der Waals surface area contributed by atoms with E-state index in [4.69, 9.17) is 4.74 Å². The molecule has 1 unspecified atom stereocenters. The van der Waals surface area contributed by atoms with Crippen LogP contribution < -0.4 is 21.3 Å². The third kappa shape index (κ3) is 15.0. The Morgan fingerprint density at radius 2 is 1.33 bits per heavy atom. The molecule has 0 saturated carbocycles. The number of cyclic esters (lactones) is 1. The van der Waals surface area contributed by atoms with Crippen molar-refractivity contribution in [3.8, 4) is 0 Å². The summed E-state index contributed by atoms with van der Waals surface area (Å²) >= 11 is 0. The number of carbonyl (C=O) groups excluding carboxylic acids is 6. The number of amides is 5. The average Bonchev–Trinajstić information content (AvgIpc) is 3.08. The lowest BCUT2D eigenvalue weighted by Crippen LogP contribution is -2.61. The number of likely N-dealkylation sites (N-methyl/N-ethyl adjacent to an activating group) is 1. The Bertz CT molecular complexity index is 1070. The predicted octanol–water partition coefficient (Wildman–Crippen LogP) is 1.55. The highest BCUT2D eigenvalue weighted by atomic mass is 16.5. The van der Waals surface area contributed by atoms with Gasteiger partial charge < -0.3 is 41.1 Å². The number of ether oxygens (including phenoxy) is 1. The van der Waals surface area contributed by atoms with E-state index >= 15 is 0 Å². The summed E-state index contributed by atoms with van der Waals surface area (Å²) in [6.45, 7) is 8.95. The van der Waals surface area contributed by atoms with Crippen LogP contribution in [0.2, 0.25) is 0 Å². The van der Waals surface area contributed by atoms with Gasteiger partial charge in [-0.3, -0.25) is 28.8 Å². The van der Waals surface area contributed by atoms with E-state index in [0.717, 1.165) is 25.7 Å². The van der Waals surface area contributed by atoms with Gasteiger partial charge in [-0.2, -0.15) is 0 Å². The molecule has 0 radical (unpaired) electrons. The van der Waals surface area contributed by atoms with Gasteiger partial charge in [-0.25, -0.2) is 0 Å². The van der Waals surface area contributed by atoms with Gasteiger partial charge in [0.15, 0.2) is 0 Å². The standard InChI is InChI=1S/C35H63N5O9/c1-8-10-11-12-13-14-15-16-17-28-24(6)35(48)40(7)27(18-22(3)4)33(46)39-30(23(5)9-2)34(47)38-26(21-42)32(45)37-25(20-41)31(44)36-19-29(43)49-28/h22-28,30,41-42H,8-21H2,1-7H3,(H,36,44)(H,37,45)(H,38,47)(H,39,46)/t23?,24-,25+,26+,27+,28-,30+/m1/s1. The fraction of sp³-hybridized carbons (Fsp3) is 0.829. The number of aliphatic hydroxyl groups excluding tert-OH is 2. The van der Waals surface area contributed by atoms with Crippen LogP contribution >= 0.6 is 0 Å². The summed E-state index contributed by atoms with van der Waals surface area (Å²) in [7, 11) is 1.52.